The minimum Gasteiger partial charge on any atom is -0.379 e. The third kappa shape index (κ3) is 4.86. The molecule has 7 heteroatoms. The minimum atomic E-state index is 0.821. The van der Waals surface area contributed by atoms with Gasteiger partial charge in [-0.1, -0.05) is 35.0 Å². The largest absolute Gasteiger partial charge is 0.379 e. The fourth-order valence-corrected chi connectivity index (χ4v) is 4.68. The van der Waals surface area contributed by atoms with Crippen LogP contribution in [-0.4, -0.2) is 58.8 Å². The van der Waals surface area contributed by atoms with Gasteiger partial charge in [-0.3, -0.25) is 9.30 Å². The zero-order chi connectivity index (χ0) is 23.5. The number of hydrogen-bond donors (Lipinski definition) is 1. The monoisotopic (exact) mass is 459 g/mol. The average Bonchev–Trinajstić information content (AvgIpc) is 3.37. The fraction of sp³-hybridized carbons (Fsp3) is 0.407. The maximum absolute atomic E-state index is 5.48. The molecule has 0 bridgehead atoms. The molecule has 7 nitrogen and oxygen atoms in total. The standard InChI is InChI=1S/C27H33N5O2/c1-19-4-6-22(7-5-19)8-9-24-27(28-11-13-31-14-16-33-17-15-31)32-12-10-23(18-25(32)29-24)26-20(2)30-34-21(26)3/h4-7,10,12,18,28H,8-9,11,13-17H2,1-3H3. The Balaban J connectivity index is 1.41. The van der Waals surface area contributed by atoms with Crippen LogP contribution in [0.4, 0.5) is 5.82 Å². The van der Waals surface area contributed by atoms with Gasteiger partial charge in [0.15, 0.2) is 0 Å². The third-order valence-electron chi connectivity index (χ3n) is 6.62. The van der Waals surface area contributed by atoms with Crippen LogP contribution < -0.4 is 5.32 Å². The van der Waals surface area contributed by atoms with Crippen molar-refractivity contribution in [1.82, 2.24) is 19.4 Å². The van der Waals surface area contributed by atoms with Gasteiger partial charge in [0.25, 0.3) is 0 Å². The molecule has 1 N–H and O–H groups in total. The van der Waals surface area contributed by atoms with Crippen LogP contribution in [0.15, 0.2) is 47.1 Å². The van der Waals surface area contributed by atoms with E-state index in [9.17, 15) is 0 Å². The number of fused-ring (bicyclic) bond motifs is 1. The summed E-state index contributed by atoms with van der Waals surface area (Å²) in [4.78, 5) is 7.50. The summed E-state index contributed by atoms with van der Waals surface area (Å²) in [6.45, 7) is 11.6. The molecule has 4 aromatic rings. The van der Waals surface area contributed by atoms with Gasteiger partial charge in [0, 0.05) is 37.9 Å². The number of ether oxygens (including phenoxy) is 1. The predicted octanol–water partition coefficient (Wildman–Crippen LogP) is 4.44. The molecular weight excluding hydrogens is 426 g/mol. The van der Waals surface area contributed by atoms with Crippen LogP contribution in [0, 0.1) is 20.8 Å². The molecule has 0 unspecified atom stereocenters. The molecule has 1 fully saturated rings. The van der Waals surface area contributed by atoms with E-state index in [1.54, 1.807) is 0 Å². The summed E-state index contributed by atoms with van der Waals surface area (Å²) >= 11 is 0. The fourth-order valence-electron chi connectivity index (χ4n) is 4.68. The van der Waals surface area contributed by atoms with Crippen molar-refractivity contribution in [2.45, 2.75) is 33.6 Å². The molecule has 3 aromatic heterocycles. The Morgan fingerprint density at radius 3 is 2.53 bits per heavy atom. The quantitative estimate of drug-likeness (QED) is 0.420. The molecule has 4 heterocycles. The summed E-state index contributed by atoms with van der Waals surface area (Å²) in [6, 6.07) is 13.0. The molecule has 0 radical (unpaired) electrons. The topological polar surface area (TPSA) is 67.8 Å². The van der Waals surface area contributed by atoms with Gasteiger partial charge in [0.05, 0.1) is 24.6 Å². The molecule has 0 amide bonds. The average molecular weight is 460 g/mol. The third-order valence-corrected chi connectivity index (χ3v) is 6.62. The second kappa shape index (κ2) is 9.99. The summed E-state index contributed by atoms with van der Waals surface area (Å²) in [7, 11) is 0. The van der Waals surface area contributed by atoms with Crippen LogP contribution >= 0.6 is 0 Å². The first-order chi connectivity index (χ1) is 16.6. The molecule has 1 aliphatic rings. The second-order valence-corrected chi connectivity index (χ2v) is 9.12. The molecule has 178 valence electrons. The van der Waals surface area contributed by atoms with Gasteiger partial charge in [-0.25, -0.2) is 4.98 Å². The summed E-state index contributed by atoms with van der Waals surface area (Å²) < 4.78 is 13.0. The molecule has 0 aliphatic carbocycles. The minimum absolute atomic E-state index is 0.821. The van der Waals surface area contributed by atoms with E-state index >= 15 is 0 Å². The number of nitrogens with one attached hydrogen (secondary N) is 1. The molecular formula is C27H33N5O2. The Hall–Kier alpha value is -3.16. The number of anilines is 1. The molecule has 0 saturated carbocycles. The van der Waals surface area contributed by atoms with Crippen LogP contribution in [0.25, 0.3) is 16.8 Å². The Morgan fingerprint density at radius 1 is 1.00 bits per heavy atom. The number of hydrogen-bond acceptors (Lipinski definition) is 6. The number of aromatic nitrogens is 3. The highest BCUT2D eigenvalue weighted by atomic mass is 16.5. The number of benzene rings is 1. The van der Waals surface area contributed by atoms with Crippen molar-refractivity contribution in [3.05, 3.63) is 70.9 Å². The lowest BCUT2D eigenvalue weighted by atomic mass is 10.1. The summed E-state index contributed by atoms with van der Waals surface area (Å²) in [6.07, 6.45) is 3.94. The summed E-state index contributed by atoms with van der Waals surface area (Å²) in [5, 5.41) is 7.81. The van der Waals surface area contributed by atoms with Crippen molar-refractivity contribution >= 4 is 11.5 Å². The van der Waals surface area contributed by atoms with Crippen molar-refractivity contribution in [3.63, 3.8) is 0 Å². The van der Waals surface area contributed by atoms with Gasteiger partial charge in [-0.15, -0.1) is 0 Å². The van der Waals surface area contributed by atoms with Crippen LogP contribution in [0.1, 0.15) is 28.3 Å². The Bertz CT molecular complexity index is 1230. The molecule has 1 aromatic carbocycles. The van der Waals surface area contributed by atoms with E-state index in [2.05, 4.69) is 69.3 Å². The van der Waals surface area contributed by atoms with E-state index in [0.29, 0.717) is 0 Å². The number of aryl methyl sites for hydroxylation is 5. The highest BCUT2D eigenvalue weighted by Gasteiger charge is 2.17. The van der Waals surface area contributed by atoms with Crippen molar-refractivity contribution < 1.29 is 9.26 Å². The number of morpholine rings is 1. The van der Waals surface area contributed by atoms with E-state index in [1.165, 1.54) is 11.1 Å². The maximum Gasteiger partial charge on any atom is 0.141 e. The Kier molecular flexibility index (Phi) is 6.65. The SMILES string of the molecule is Cc1ccc(CCc2nc3cc(-c4c(C)noc4C)ccn3c2NCCN2CCOCC2)cc1. The second-order valence-electron chi connectivity index (χ2n) is 9.12. The van der Waals surface area contributed by atoms with Gasteiger partial charge in [0.2, 0.25) is 0 Å². The zero-order valence-electron chi connectivity index (χ0n) is 20.3. The lowest BCUT2D eigenvalue weighted by Gasteiger charge is -2.26. The Morgan fingerprint density at radius 2 is 1.79 bits per heavy atom. The van der Waals surface area contributed by atoms with E-state index in [1.807, 2.05) is 13.8 Å². The van der Waals surface area contributed by atoms with Crippen LogP contribution in [0.2, 0.25) is 0 Å². The van der Waals surface area contributed by atoms with Gasteiger partial charge in [0.1, 0.15) is 17.2 Å². The van der Waals surface area contributed by atoms with Gasteiger partial charge >= 0.3 is 0 Å². The number of imidazole rings is 1. The Labute approximate surface area is 200 Å². The number of pyridine rings is 1. The van der Waals surface area contributed by atoms with E-state index < -0.39 is 0 Å². The highest BCUT2D eigenvalue weighted by Crippen LogP contribution is 2.29. The van der Waals surface area contributed by atoms with Crippen LogP contribution in [0.3, 0.4) is 0 Å². The smallest absolute Gasteiger partial charge is 0.141 e. The zero-order valence-corrected chi connectivity index (χ0v) is 20.3. The lowest BCUT2D eigenvalue weighted by molar-refractivity contribution is 0.0398. The number of rotatable bonds is 8. The molecule has 1 aliphatic heterocycles. The van der Waals surface area contributed by atoms with Gasteiger partial charge in [-0.2, -0.15) is 0 Å². The van der Waals surface area contributed by atoms with Crippen molar-refractivity contribution in [2.75, 3.05) is 44.7 Å². The van der Waals surface area contributed by atoms with Crippen molar-refractivity contribution in [2.24, 2.45) is 0 Å². The van der Waals surface area contributed by atoms with Crippen LogP contribution in [0.5, 0.6) is 0 Å². The maximum atomic E-state index is 5.48. The molecule has 0 atom stereocenters. The van der Waals surface area contributed by atoms with E-state index in [4.69, 9.17) is 14.2 Å². The van der Waals surface area contributed by atoms with E-state index in [0.717, 1.165) is 92.0 Å². The first-order valence-corrected chi connectivity index (χ1v) is 12.1. The number of nitrogens with zero attached hydrogens (tertiary/aromatic N) is 4. The molecule has 0 spiro atoms. The van der Waals surface area contributed by atoms with Gasteiger partial charge < -0.3 is 14.6 Å². The van der Waals surface area contributed by atoms with Crippen molar-refractivity contribution in [1.29, 1.82) is 0 Å². The first-order valence-electron chi connectivity index (χ1n) is 12.1. The normalized spacial score (nSPS) is 14.7. The molecule has 1 saturated heterocycles. The van der Waals surface area contributed by atoms with Gasteiger partial charge in [-0.05, 0) is 56.9 Å². The lowest BCUT2D eigenvalue weighted by Crippen LogP contribution is -2.39. The van der Waals surface area contributed by atoms with Crippen LogP contribution in [-0.2, 0) is 17.6 Å². The molecule has 5 rings (SSSR count). The summed E-state index contributed by atoms with van der Waals surface area (Å²) in [5.74, 6) is 1.91. The summed E-state index contributed by atoms with van der Waals surface area (Å²) in [5.41, 5.74) is 7.68. The van der Waals surface area contributed by atoms with Crippen molar-refractivity contribution in [3.8, 4) is 11.1 Å². The highest BCUT2D eigenvalue weighted by molar-refractivity contribution is 5.72. The predicted molar refractivity (Wildman–Crippen MR) is 134 cm³/mol. The first kappa shape index (κ1) is 22.6. The van der Waals surface area contributed by atoms with E-state index in [-0.39, 0.29) is 0 Å². The molecule has 34 heavy (non-hydrogen) atoms.